The van der Waals surface area contributed by atoms with Crippen molar-refractivity contribution in [1.29, 1.82) is 0 Å². The van der Waals surface area contributed by atoms with E-state index >= 15 is 0 Å². The van der Waals surface area contributed by atoms with Gasteiger partial charge in [-0.05, 0) is 37.0 Å². The summed E-state index contributed by atoms with van der Waals surface area (Å²) in [6.45, 7) is 6.13. The highest BCUT2D eigenvalue weighted by molar-refractivity contribution is 6.30. The van der Waals surface area contributed by atoms with Gasteiger partial charge in [0.1, 0.15) is 0 Å². The van der Waals surface area contributed by atoms with Crippen molar-refractivity contribution in [1.82, 2.24) is 0 Å². The molecule has 1 N–H and O–H groups in total. The Labute approximate surface area is 97.1 Å². The molecule has 0 radical (unpaired) electrons. The van der Waals surface area contributed by atoms with Crippen LogP contribution >= 0.6 is 11.6 Å². The first-order valence-corrected chi connectivity index (χ1v) is 5.74. The number of rotatable bonds is 4. The normalized spacial score (nSPS) is 15.3. The Hall–Kier alpha value is -0.530. The van der Waals surface area contributed by atoms with Crippen LogP contribution < -0.4 is 0 Å². The zero-order chi connectivity index (χ0) is 11.5. The molecule has 1 aromatic rings. The molecule has 0 aliphatic rings. The van der Waals surface area contributed by atoms with E-state index in [-0.39, 0.29) is 0 Å². The molecule has 1 nitrogen and oxygen atoms in total. The molecule has 0 aliphatic carbocycles. The topological polar surface area (TPSA) is 20.2 Å². The molecule has 0 bridgehead atoms. The number of aliphatic hydroxyl groups is 1. The summed E-state index contributed by atoms with van der Waals surface area (Å²) < 4.78 is 0. The van der Waals surface area contributed by atoms with Crippen molar-refractivity contribution in [2.45, 2.75) is 39.2 Å². The van der Waals surface area contributed by atoms with Crippen molar-refractivity contribution >= 4 is 11.6 Å². The molecule has 1 unspecified atom stereocenters. The Bertz CT molecular complexity index is 301. The second-order valence-corrected chi connectivity index (χ2v) is 5.33. The maximum absolute atomic E-state index is 10.2. The van der Waals surface area contributed by atoms with Crippen LogP contribution in [0.15, 0.2) is 24.3 Å². The van der Waals surface area contributed by atoms with E-state index in [4.69, 9.17) is 11.6 Å². The Balaban J connectivity index is 2.64. The van der Waals surface area contributed by atoms with Gasteiger partial charge in [-0.1, -0.05) is 37.6 Å². The number of hydrogen-bond donors (Lipinski definition) is 1. The van der Waals surface area contributed by atoms with Crippen molar-refractivity contribution in [2.75, 3.05) is 0 Å². The molecule has 1 atom stereocenters. The van der Waals surface area contributed by atoms with Crippen molar-refractivity contribution in [2.24, 2.45) is 5.92 Å². The monoisotopic (exact) mass is 226 g/mol. The predicted octanol–water partition coefficient (Wildman–Crippen LogP) is 3.68. The third kappa shape index (κ3) is 4.67. The van der Waals surface area contributed by atoms with Crippen LogP contribution in [-0.4, -0.2) is 10.7 Å². The lowest BCUT2D eigenvalue weighted by atomic mass is 9.88. The molecule has 0 saturated heterocycles. The highest BCUT2D eigenvalue weighted by atomic mass is 35.5. The van der Waals surface area contributed by atoms with E-state index in [1.165, 1.54) is 0 Å². The van der Waals surface area contributed by atoms with E-state index in [0.29, 0.717) is 12.3 Å². The summed E-state index contributed by atoms with van der Waals surface area (Å²) in [6, 6.07) is 7.67. The number of hydrogen-bond acceptors (Lipinski definition) is 1. The fourth-order valence-corrected chi connectivity index (χ4v) is 2.12. The van der Waals surface area contributed by atoms with Crippen LogP contribution in [0.5, 0.6) is 0 Å². The summed E-state index contributed by atoms with van der Waals surface area (Å²) in [4.78, 5) is 0. The van der Waals surface area contributed by atoms with E-state index in [1.54, 1.807) is 0 Å². The smallest absolute Gasteiger partial charge is 0.0662 e. The van der Waals surface area contributed by atoms with Gasteiger partial charge in [-0.2, -0.15) is 0 Å². The summed E-state index contributed by atoms with van der Waals surface area (Å²) in [6.07, 6.45) is 1.50. The number of halogens is 1. The molecule has 0 aromatic heterocycles. The molecule has 84 valence electrons. The standard InChI is InChI=1S/C13H19ClO/c1-10(2)8-13(3,15)9-11-4-6-12(14)7-5-11/h4-7,10,15H,8-9H2,1-3H3. The maximum atomic E-state index is 10.2. The molecule has 0 spiro atoms. The minimum Gasteiger partial charge on any atom is -0.390 e. The lowest BCUT2D eigenvalue weighted by Gasteiger charge is -2.25. The Morgan fingerprint density at radius 2 is 1.80 bits per heavy atom. The van der Waals surface area contributed by atoms with Crippen LogP contribution in [-0.2, 0) is 6.42 Å². The molecule has 0 amide bonds. The molecule has 1 rings (SSSR count). The predicted molar refractivity (Wildman–Crippen MR) is 65.2 cm³/mol. The summed E-state index contributed by atoms with van der Waals surface area (Å²) in [7, 11) is 0. The summed E-state index contributed by atoms with van der Waals surface area (Å²) in [5.41, 5.74) is 0.507. The first-order valence-electron chi connectivity index (χ1n) is 5.36. The second kappa shape index (κ2) is 5.00. The van der Waals surface area contributed by atoms with Gasteiger partial charge in [0.05, 0.1) is 5.60 Å². The van der Waals surface area contributed by atoms with Crippen molar-refractivity contribution < 1.29 is 5.11 Å². The SMILES string of the molecule is CC(C)CC(C)(O)Cc1ccc(Cl)cc1. The molecule has 15 heavy (non-hydrogen) atoms. The van der Waals surface area contributed by atoms with E-state index < -0.39 is 5.60 Å². The van der Waals surface area contributed by atoms with Crippen LogP contribution in [0.3, 0.4) is 0 Å². The molecule has 0 heterocycles. The van der Waals surface area contributed by atoms with Crippen LogP contribution in [0.4, 0.5) is 0 Å². The van der Waals surface area contributed by atoms with E-state index in [9.17, 15) is 5.11 Å². The van der Waals surface area contributed by atoms with Gasteiger partial charge in [-0.15, -0.1) is 0 Å². The van der Waals surface area contributed by atoms with Gasteiger partial charge < -0.3 is 5.11 Å². The summed E-state index contributed by atoms with van der Waals surface area (Å²) in [5, 5.41) is 10.9. The van der Waals surface area contributed by atoms with Gasteiger partial charge in [-0.25, -0.2) is 0 Å². The first kappa shape index (κ1) is 12.5. The largest absolute Gasteiger partial charge is 0.390 e. The lowest BCUT2D eigenvalue weighted by Crippen LogP contribution is -2.29. The average Bonchev–Trinajstić information content (AvgIpc) is 2.06. The molecule has 0 saturated carbocycles. The lowest BCUT2D eigenvalue weighted by molar-refractivity contribution is 0.0388. The zero-order valence-electron chi connectivity index (χ0n) is 9.63. The minimum absolute atomic E-state index is 0.507. The Morgan fingerprint density at radius 1 is 1.27 bits per heavy atom. The second-order valence-electron chi connectivity index (χ2n) is 4.90. The van der Waals surface area contributed by atoms with E-state index in [2.05, 4.69) is 13.8 Å². The fourth-order valence-electron chi connectivity index (χ4n) is 1.99. The number of benzene rings is 1. The van der Waals surface area contributed by atoms with Crippen molar-refractivity contribution in [3.63, 3.8) is 0 Å². The van der Waals surface area contributed by atoms with Gasteiger partial charge in [-0.3, -0.25) is 0 Å². The maximum Gasteiger partial charge on any atom is 0.0662 e. The summed E-state index contributed by atoms with van der Waals surface area (Å²) >= 11 is 5.80. The highest BCUT2D eigenvalue weighted by Gasteiger charge is 2.21. The van der Waals surface area contributed by atoms with Crippen LogP contribution in [0.1, 0.15) is 32.8 Å². The van der Waals surface area contributed by atoms with Gasteiger partial charge >= 0.3 is 0 Å². The van der Waals surface area contributed by atoms with Gasteiger partial charge in [0.15, 0.2) is 0 Å². The molecular formula is C13H19ClO. The van der Waals surface area contributed by atoms with E-state index in [1.807, 2.05) is 31.2 Å². The Morgan fingerprint density at radius 3 is 2.27 bits per heavy atom. The molecule has 0 fully saturated rings. The molecule has 0 aliphatic heterocycles. The molecule has 1 aromatic carbocycles. The van der Waals surface area contributed by atoms with Crippen LogP contribution in [0.2, 0.25) is 5.02 Å². The van der Waals surface area contributed by atoms with Crippen LogP contribution in [0.25, 0.3) is 0 Å². The molecule has 2 heteroatoms. The quantitative estimate of drug-likeness (QED) is 0.831. The van der Waals surface area contributed by atoms with E-state index in [0.717, 1.165) is 17.0 Å². The fraction of sp³-hybridized carbons (Fsp3) is 0.538. The zero-order valence-corrected chi connectivity index (χ0v) is 10.4. The average molecular weight is 227 g/mol. The highest BCUT2D eigenvalue weighted by Crippen LogP contribution is 2.22. The minimum atomic E-state index is -0.623. The first-order chi connectivity index (χ1) is 6.89. The summed E-state index contributed by atoms with van der Waals surface area (Å²) in [5.74, 6) is 0.507. The van der Waals surface area contributed by atoms with Crippen molar-refractivity contribution in [3.05, 3.63) is 34.9 Å². The third-order valence-electron chi connectivity index (χ3n) is 2.35. The third-order valence-corrected chi connectivity index (χ3v) is 2.60. The van der Waals surface area contributed by atoms with Gasteiger partial charge in [0.25, 0.3) is 0 Å². The van der Waals surface area contributed by atoms with Crippen molar-refractivity contribution in [3.8, 4) is 0 Å². The van der Waals surface area contributed by atoms with Gasteiger partial charge in [0.2, 0.25) is 0 Å². The Kier molecular flexibility index (Phi) is 4.18. The van der Waals surface area contributed by atoms with Crippen LogP contribution in [0, 0.1) is 5.92 Å². The van der Waals surface area contributed by atoms with Gasteiger partial charge in [0, 0.05) is 11.4 Å². The molecular weight excluding hydrogens is 208 g/mol.